The Balaban J connectivity index is 1.93. The van der Waals surface area contributed by atoms with Gasteiger partial charge in [0.1, 0.15) is 4.88 Å². The van der Waals surface area contributed by atoms with Gasteiger partial charge in [-0.15, -0.1) is 11.3 Å². The number of aliphatic hydroxyl groups is 1. The summed E-state index contributed by atoms with van der Waals surface area (Å²) < 4.78 is 1.97. The molecule has 1 aromatic carbocycles. The van der Waals surface area contributed by atoms with Gasteiger partial charge >= 0.3 is 0 Å². The zero-order valence-corrected chi connectivity index (χ0v) is 14.1. The fourth-order valence-corrected chi connectivity index (χ4v) is 4.14. The van der Waals surface area contributed by atoms with Crippen molar-refractivity contribution in [2.24, 2.45) is 5.92 Å². The van der Waals surface area contributed by atoms with Crippen LogP contribution in [-0.4, -0.2) is 35.1 Å². The van der Waals surface area contributed by atoms with Crippen LogP contribution in [0.5, 0.6) is 0 Å². The second kappa shape index (κ2) is 5.59. The Labute approximate surface area is 135 Å². The van der Waals surface area contributed by atoms with Gasteiger partial charge in [-0.3, -0.25) is 4.79 Å². The normalized spacial score (nSPS) is 22.7. The third-order valence-corrected chi connectivity index (χ3v) is 5.70. The van der Waals surface area contributed by atoms with E-state index in [1.54, 1.807) is 4.90 Å². The van der Waals surface area contributed by atoms with Crippen LogP contribution >= 0.6 is 27.3 Å². The molecule has 21 heavy (non-hydrogen) atoms. The molecule has 2 unspecified atom stereocenters. The largest absolute Gasteiger partial charge is 0.397 e. The van der Waals surface area contributed by atoms with E-state index < -0.39 is 0 Å². The minimum Gasteiger partial charge on any atom is -0.397 e. The van der Waals surface area contributed by atoms with Gasteiger partial charge in [0.05, 0.1) is 11.8 Å². The molecule has 3 rings (SSSR count). The number of nitrogens with two attached hydrogens (primary N) is 1. The molecule has 0 saturated carbocycles. The van der Waals surface area contributed by atoms with Crippen LogP contribution in [0.25, 0.3) is 10.1 Å². The number of carbonyl (C=O) groups is 1. The van der Waals surface area contributed by atoms with Crippen molar-refractivity contribution in [1.82, 2.24) is 4.90 Å². The summed E-state index contributed by atoms with van der Waals surface area (Å²) in [5, 5.41) is 10.7. The number of benzene rings is 1. The first-order chi connectivity index (χ1) is 9.97. The number of fused-ring (bicyclic) bond motifs is 1. The summed E-state index contributed by atoms with van der Waals surface area (Å²) in [7, 11) is 0. The lowest BCUT2D eigenvalue weighted by molar-refractivity contribution is 0.0301. The van der Waals surface area contributed by atoms with Crippen molar-refractivity contribution in [3.05, 3.63) is 27.5 Å². The molecule has 4 nitrogen and oxygen atoms in total. The molecule has 2 aromatic rings. The molecule has 0 spiro atoms. The quantitative estimate of drug-likeness (QED) is 0.812. The summed E-state index contributed by atoms with van der Waals surface area (Å²) in [6, 6.07) is 5.87. The third kappa shape index (κ3) is 2.67. The van der Waals surface area contributed by atoms with Crippen LogP contribution in [-0.2, 0) is 0 Å². The van der Waals surface area contributed by atoms with Crippen LogP contribution in [0.3, 0.4) is 0 Å². The van der Waals surface area contributed by atoms with Gasteiger partial charge in [-0.1, -0.05) is 22.9 Å². The molecule has 0 aliphatic carbocycles. The topological polar surface area (TPSA) is 66.6 Å². The standard InChI is InChI=1S/C15H17BrN2O2S/c1-8-7-18(5-4-11(8)19)15(20)14-13(17)10-6-9(16)2-3-12(10)21-14/h2-3,6,8,11,19H,4-5,7,17H2,1H3. The summed E-state index contributed by atoms with van der Waals surface area (Å²) in [6.45, 7) is 3.13. The molecule has 112 valence electrons. The monoisotopic (exact) mass is 368 g/mol. The minimum atomic E-state index is -0.315. The summed E-state index contributed by atoms with van der Waals surface area (Å²) in [4.78, 5) is 15.1. The number of anilines is 1. The number of hydrogen-bond acceptors (Lipinski definition) is 4. The summed E-state index contributed by atoms with van der Waals surface area (Å²) >= 11 is 4.87. The highest BCUT2D eigenvalue weighted by atomic mass is 79.9. The molecule has 1 fully saturated rings. The average Bonchev–Trinajstić information content (AvgIpc) is 2.78. The Hall–Kier alpha value is -1.11. The molecule has 1 saturated heterocycles. The number of amides is 1. The molecule has 6 heteroatoms. The summed E-state index contributed by atoms with van der Waals surface area (Å²) in [5.74, 6) is 0.0796. The van der Waals surface area contributed by atoms with Crippen LogP contribution in [0, 0.1) is 5.92 Å². The van der Waals surface area contributed by atoms with E-state index >= 15 is 0 Å². The maximum Gasteiger partial charge on any atom is 0.266 e. The number of thiophene rings is 1. The Kier molecular flexibility index (Phi) is 3.94. The lowest BCUT2D eigenvalue weighted by Crippen LogP contribution is -2.44. The molecule has 2 heterocycles. The van der Waals surface area contributed by atoms with E-state index in [0.717, 1.165) is 14.6 Å². The van der Waals surface area contributed by atoms with Crippen molar-refractivity contribution in [2.75, 3.05) is 18.8 Å². The van der Waals surface area contributed by atoms with E-state index in [1.807, 2.05) is 25.1 Å². The van der Waals surface area contributed by atoms with Crippen molar-refractivity contribution in [2.45, 2.75) is 19.4 Å². The average molecular weight is 369 g/mol. The van der Waals surface area contributed by atoms with Gasteiger partial charge in [-0.05, 0) is 30.5 Å². The lowest BCUT2D eigenvalue weighted by Gasteiger charge is -2.34. The van der Waals surface area contributed by atoms with Gasteiger partial charge in [-0.2, -0.15) is 0 Å². The predicted molar refractivity (Wildman–Crippen MR) is 89.6 cm³/mol. The van der Waals surface area contributed by atoms with Gasteiger partial charge in [0.25, 0.3) is 5.91 Å². The number of nitrogen functional groups attached to an aromatic ring is 1. The van der Waals surface area contributed by atoms with Crippen LogP contribution in [0.1, 0.15) is 23.0 Å². The molecule has 1 aliphatic rings. The molecule has 1 aromatic heterocycles. The zero-order chi connectivity index (χ0) is 15.1. The smallest absolute Gasteiger partial charge is 0.266 e. The van der Waals surface area contributed by atoms with Gasteiger partial charge in [0, 0.05) is 27.6 Å². The number of carbonyl (C=O) groups excluding carboxylic acids is 1. The first kappa shape index (κ1) is 14.8. The second-order valence-electron chi connectivity index (χ2n) is 5.57. The number of halogens is 1. The first-order valence-electron chi connectivity index (χ1n) is 6.92. The number of piperidine rings is 1. The van der Waals surface area contributed by atoms with E-state index in [-0.39, 0.29) is 17.9 Å². The van der Waals surface area contributed by atoms with Gasteiger partial charge in [0.2, 0.25) is 0 Å². The molecule has 0 radical (unpaired) electrons. The Morgan fingerprint density at radius 3 is 3.00 bits per heavy atom. The van der Waals surface area contributed by atoms with Crippen molar-refractivity contribution < 1.29 is 9.90 Å². The highest BCUT2D eigenvalue weighted by molar-refractivity contribution is 9.10. The number of nitrogens with zero attached hydrogens (tertiary/aromatic N) is 1. The van der Waals surface area contributed by atoms with Crippen molar-refractivity contribution in [3.63, 3.8) is 0 Å². The molecular formula is C15H17BrN2O2S. The third-order valence-electron chi connectivity index (χ3n) is 4.03. The SMILES string of the molecule is CC1CN(C(=O)c2sc3ccc(Br)cc3c2N)CCC1O. The Morgan fingerprint density at radius 2 is 2.29 bits per heavy atom. The highest BCUT2D eigenvalue weighted by Crippen LogP contribution is 2.36. The van der Waals surface area contributed by atoms with E-state index in [0.29, 0.717) is 30.1 Å². The highest BCUT2D eigenvalue weighted by Gasteiger charge is 2.29. The van der Waals surface area contributed by atoms with Crippen molar-refractivity contribution in [3.8, 4) is 0 Å². The van der Waals surface area contributed by atoms with Crippen molar-refractivity contribution in [1.29, 1.82) is 0 Å². The first-order valence-corrected chi connectivity index (χ1v) is 8.53. The van der Waals surface area contributed by atoms with Crippen LogP contribution in [0.4, 0.5) is 5.69 Å². The Morgan fingerprint density at radius 1 is 1.52 bits per heavy atom. The van der Waals surface area contributed by atoms with E-state index in [2.05, 4.69) is 15.9 Å². The maximum absolute atomic E-state index is 12.7. The second-order valence-corrected chi connectivity index (χ2v) is 7.54. The minimum absolute atomic E-state index is 0.0245. The number of aliphatic hydroxyl groups excluding tert-OH is 1. The van der Waals surface area contributed by atoms with E-state index in [9.17, 15) is 9.90 Å². The van der Waals surface area contributed by atoms with Crippen LogP contribution in [0.2, 0.25) is 0 Å². The Bertz CT molecular complexity index is 700. The number of hydrogen-bond donors (Lipinski definition) is 2. The lowest BCUT2D eigenvalue weighted by atomic mass is 9.96. The fourth-order valence-electron chi connectivity index (χ4n) is 2.71. The fraction of sp³-hybridized carbons (Fsp3) is 0.400. The predicted octanol–water partition coefficient (Wildman–Crippen LogP) is 3.09. The van der Waals surface area contributed by atoms with Crippen LogP contribution in [0.15, 0.2) is 22.7 Å². The van der Waals surface area contributed by atoms with Crippen molar-refractivity contribution >= 4 is 48.9 Å². The summed E-state index contributed by atoms with van der Waals surface area (Å²) in [6.07, 6.45) is 0.313. The molecular weight excluding hydrogens is 352 g/mol. The molecule has 3 N–H and O–H groups in total. The zero-order valence-electron chi connectivity index (χ0n) is 11.7. The van der Waals surface area contributed by atoms with Gasteiger partial charge in [-0.25, -0.2) is 0 Å². The van der Waals surface area contributed by atoms with E-state index in [4.69, 9.17) is 5.73 Å². The molecule has 1 amide bonds. The van der Waals surface area contributed by atoms with Gasteiger partial charge in [0.15, 0.2) is 0 Å². The maximum atomic E-state index is 12.7. The summed E-state index contributed by atoms with van der Waals surface area (Å²) in [5.41, 5.74) is 6.73. The van der Waals surface area contributed by atoms with Gasteiger partial charge < -0.3 is 15.7 Å². The molecule has 1 aliphatic heterocycles. The number of likely N-dealkylation sites (tertiary alicyclic amines) is 1. The number of rotatable bonds is 1. The van der Waals surface area contributed by atoms with E-state index in [1.165, 1.54) is 11.3 Å². The molecule has 2 atom stereocenters. The molecule has 0 bridgehead atoms. The van der Waals surface area contributed by atoms with Crippen LogP contribution < -0.4 is 5.73 Å².